The van der Waals surface area contributed by atoms with E-state index in [0.717, 1.165) is 23.5 Å². The Morgan fingerprint density at radius 3 is 2.53 bits per heavy atom. The van der Waals surface area contributed by atoms with Crippen LogP contribution in [0.3, 0.4) is 0 Å². The van der Waals surface area contributed by atoms with E-state index >= 15 is 0 Å². The molecule has 0 amide bonds. The van der Waals surface area contributed by atoms with Crippen LogP contribution < -0.4 is 11.2 Å². The standard InChI is InChI=1S/C24H27F3N2O3S2/c1-13(2)12-29-22-19(21(31)28(3)23(29)32)20(33-17-10-6-9-16(17)30)18(34-22)11-14-7-4-5-8-15(14)24(25,26)27/h4-5,7-8,13,16-17,30H,6,9-12H2,1-3H3/t16-,17-/m1/s1. The van der Waals surface area contributed by atoms with Gasteiger partial charge in [-0.2, -0.15) is 13.2 Å². The van der Waals surface area contributed by atoms with Gasteiger partial charge in [-0.25, -0.2) is 4.79 Å². The van der Waals surface area contributed by atoms with Crippen molar-refractivity contribution >= 4 is 33.3 Å². The molecule has 2 aromatic heterocycles. The monoisotopic (exact) mass is 512 g/mol. The summed E-state index contributed by atoms with van der Waals surface area (Å²) >= 11 is 2.57. The van der Waals surface area contributed by atoms with E-state index in [2.05, 4.69) is 0 Å². The summed E-state index contributed by atoms with van der Waals surface area (Å²) in [6.07, 6.45) is -2.79. The van der Waals surface area contributed by atoms with Crippen LogP contribution in [-0.4, -0.2) is 25.6 Å². The first kappa shape index (κ1) is 25.1. The van der Waals surface area contributed by atoms with E-state index in [0.29, 0.717) is 33.0 Å². The molecule has 0 unspecified atom stereocenters. The molecule has 1 N–H and O–H groups in total. The Morgan fingerprint density at radius 1 is 1.21 bits per heavy atom. The van der Waals surface area contributed by atoms with Crippen LogP contribution in [-0.2, 0) is 26.2 Å². The minimum absolute atomic E-state index is 0.0147. The van der Waals surface area contributed by atoms with E-state index in [-0.39, 0.29) is 23.2 Å². The maximum Gasteiger partial charge on any atom is 0.416 e. The number of aliphatic hydroxyl groups excluding tert-OH is 1. The van der Waals surface area contributed by atoms with Crippen LogP contribution in [0, 0.1) is 5.92 Å². The summed E-state index contributed by atoms with van der Waals surface area (Å²) in [5.41, 5.74) is -1.49. The molecular weight excluding hydrogens is 485 g/mol. The summed E-state index contributed by atoms with van der Waals surface area (Å²) in [5.74, 6) is 0.127. The molecule has 0 aliphatic heterocycles. The molecule has 0 bridgehead atoms. The van der Waals surface area contributed by atoms with Crippen LogP contribution >= 0.6 is 23.1 Å². The lowest BCUT2D eigenvalue weighted by atomic mass is 10.0. The number of rotatable bonds is 6. The Kier molecular flexibility index (Phi) is 7.04. The van der Waals surface area contributed by atoms with Gasteiger partial charge in [0.1, 0.15) is 4.83 Å². The number of alkyl halides is 3. The van der Waals surface area contributed by atoms with Crippen molar-refractivity contribution in [1.29, 1.82) is 0 Å². The summed E-state index contributed by atoms with van der Waals surface area (Å²) in [5, 5.41) is 10.6. The third kappa shape index (κ3) is 4.72. The molecule has 4 rings (SSSR count). The molecule has 3 aromatic rings. The summed E-state index contributed by atoms with van der Waals surface area (Å²) in [4.78, 5) is 27.9. The minimum Gasteiger partial charge on any atom is -0.392 e. The van der Waals surface area contributed by atoms with Gasteiger partial charge in [0.25, 0.3) is 5.56 Å². The molecule has 2 heterocycles. The number of fused-ring (bicyclic) bond motifs is 1. The first-order valence-corrected chi connectivity index (χ1v) is 12.9. The third-order valence-electron chi connectivity index (χ3n) is 6.10. The lowest BCUT2D eigenvalue weighted by Gasteiger charge is -2.16. The van der Waals surface area contributed by atoms with Crippen molar-refractivity contribution in [3.8, 4) is 0 Å². The maximum atomic E-state index is 13.7. The number of hydrogen-bond donors (Lipinski definition) is 1. The number of halogens is 3. The van der Waals surface area contributed by atoms with Crippen molar-refractivity contribution in [3.63, 3.8) is 0 Å². The van der Waals surface area contributed by atoms with Crippen LogP contribution in [0.2, 0.25) is 0 Å². The number of benzene rings is 1. The van der Waals surface area contributed by atoms with E-state index in [1.807, 2.05) is 13.8 Å². The fourth-order valence-corrected chi connectivity index (χ4v) is 7.37. The minimum atomic E-state index is -4.50. The van der Waals surface area contributed by atoms with Gasteiger partial charge in [-0.3, -0.25) is 13.9 Å². The molecule has 0 saturated heterocycles. The van der Waals surface area contributed by atoms with E-state index in [9.17, 15) is 27.9 Å². The SMILES string of the molecule is CC(C)Cn1c(=O)n(C)c(=O)c2c(S[C@@H]3CCC[C@H]3O)c(Cc3ccccc3C(F)(F)F)sc21. The second-order valence-electron chi connectivity index (χ2n) is 9.17. The number of nitrogens with zero attached hydrogens (tertiary/aromatic N) is 2. The van der Waals surface area contributed by atoms with Gasteiger partial charge in [-0.05, 0) is 36.8 Å². The van der Waals surface area contributed by atoms with E-state index in [4.69, 9.17) is 0 Å². The molecule has 1 aromatic carbocycles. The molecule has 1 saturated carbocycles. The van der Waals surface area contributed by atoms with Gasteiger partial charge in [0, 0.05) is 35.0 Å². The Hall–Kier alpha value is -2.04. The highest BCUT2D eigenvalue weighted by Gasteiger charge is 2.34. The van der Waals surface area contributed by atoms with Gasteiger partial charge in [-0.15, -0.1) is 23.1 Å². The van der Waals surface area contributed by atoms with Crippen LogP contribution in [0.25, 0.3) is 10.2 Å². The zero-order valence-electron chi connectivity index (χ0n) is 19.2. The number of thiophene rings is 1. The second-order valence-corrected chi connectivity index (χ2v) is 11.5. The summed E-state index contributed by atoms with van der Waals surface area (Å²) in [6, 6.07) is 5.44. The lowest BCUT2D eigenvalue weighted by Crippen LogP contribution is -2.38. The normalized spacial score (nSPS) is 18.9. The maximum absolute atomic E-state index is 13.7. The van der Waals surface area contributed by atoms with Gasteiger partial charge in [0.15, 0.2) is 0 Å². The molecule has 1 aliphatic rings. The Morgan fingerprint density at radius 2 is 1.91 bits per heavy atom. The number of aromatic nitrogens is 2. The zero-order chi connectivity index (χ0) is 24.8. The van der Waals surface area contributed by atoms with Crippen LogP contribution in [0.4, 0.5) is 13.2 Å². The van der Waals surface area contributed by atoms with Gasteiger partial charge in [0.2, 0.25) is 0 Å². The van der Waals surface area contributed by atoms with Crippen molar-refractivity contribution in [2.24, 2.45) is 13.0 Å². The first-order valence-electron chi connectivity index (χ1n) is 11.2. The third-order valence-corrected chi connectivity index (χ3v) is 8.98. The van der Waals surface area contributed by atoms with Gasteiger partial charge in [0.05, 0.1) is 17.1 Å². The van der Waals surface area contributed by atoms with E-state index in [1.54, 1.807) is 10.6 Å². The molecule has 0 radical (unpaired) electrons. The number of aliphatic hydroxyl groups is 1. The van der Waals surface area contributed by atoms with Crippen molar-refractivity contribution in [3.05, 3.63) is 61.1 Å². The molecule has 1 fully saturated rings. The van der Waals surface area contributed by atoms with Crippen molar-refractivity contribution < 1.29 is 18.3 Å². The summed E-state index contributed by atoms with van der Waals surface area (Å²) in [6.45, 7) is 4.31. The van der Waals surface area contributed by atoms with Crippen LogP contribution in [0.5, 0.6) is 0 Å². The average Bonchev–Trinajstić information content (AvgIpc) is 3.33. The van der Waals surface area contributed by atoms with Crippen LogP contribution in [0.1, 0.15) is 49.1 Å². The Labute approximate surface area is 203 Å². The predicted octanol–water partition coefficient (Wildman–Crippen LogP) is 5.03. The molecule has 0 spiro atoms. The number of thioether (sulfide) groups is 1. The molecule has 1 aliphatic carbocycles. The van der Waals surface area contributed by atoms with Gasteiger partial charge < -0.3 is 5.11 Å². The quantitative estimate of drug-likeness (QED) is 0.503. The molecular formula is C24H27F3N2O3S2. The van der Waals surface area contributed by atoms with Crippen LogP contribution in [0.15, 0.2) is 38.8 Å². The molecule has 5 nitrogen and oxygen atoms in total. The zero-order valence-corrected chi connectivity index (χ0v) is 20.8. The second kappa shape index (κ2) is 9.54. The lowest BCUT2D eigenvalue weighted by molar-refractivity contribution is -0.138. The fraction of sp³-hybridized carbons (Fsp3) is 0.500. The fourth-order valence-electron chi connectivity index (χ4n) is 4.44. The molecule has 34 heavy (non-hydrogen) atoms. The molecule has 2 atom stereocenters. The summed E-state index contributed by atoms with van der Waals surface area (Å²) < 4.78 is 43.7. The van der Waals surface area contributed by atoms with Crippen molar-refractivity contribution in [1.82, 2.24) is 9.13 Å². The Balaban J connectivity index is 1.96. The number of hydrogen-bond acceptors (Lipinski definition) is 5. The highest BCUT2D eigenvalue weighted by Crippen LogP contribution is 2.44. The van der Waals surface area contributed by atoms with Crippen molar-refractivity contribution in [2.75, 3.05) is 0 Å². The predicted molar refractivity (Wildman–Crippen MR) is 130 cm³/mol. The van der Waals surface area contributed by atoms with Gasteiger partial charge >= 0.3 is 11.9 Å². The van der Waals surface area contributed by atoms with E-state index in [1.165, 1.54) is 42.3 Å². The average molecular weight is 513 g/mol. The largest absolute Gasteiger partial charge is 0.416 e. The smallest absolute Gasteiger partial charge is 0.392 e. The highest BCUT2D eigenvalue weighted by atomic mass is 32.2. The Bertz CT molecular complexity index is 1320. The van der Waals surface area contributed by atoms with Crippen molar-refractivity contribution in [2.45, 2.75) is 68.5 Å². The highest BCUT2D eigenvalue weighted by molar-refractivity contribution is 8.00. The topological polar surface area (TPSA) is 64.2 Å². The van der Waals surface area contributed by atoms with Gasteiger partial charge in [-0.1, -0.05) is 32.0 Å². The molecule has 10 heteroatoms. The summed E-state index contributed by atoms with van der Waals surface area (Å²) in [7, 11) is 1.43. The van der Waals surface area contributed by atoms with E-state index < -0.39 is 29.1 Å². The first-order chi connectivity index (χ1) is 16.0. The molecule has 184 valence electrons.